The number of carboxylic acids is 1. The van der Waals surface area contributed by atoms with Crippen LogP contribution in [0.4, 0.5) is 0 Å². The van der Waals surface area contributed by atoms with Crippen LogP contribution in [-0.4, -0.2) is 42.2 Å². The summed E-state index contributed by atoms with van der Waals surface area (Å²) in [5, 5.41) is 10.3. The Kier molecular flexibility index (Phi) is 7.18. The highest BCUT2D eigenvalue weighted by Gasteiger charge is 2.24. The summed E-state index contributed by atoms with van der Waals surface area (Å²) in [6.45, 7) is 4.54. The molecule has 3 rings (SSSR count). The topological polar surface area (TPSA) is 59.0 Å². The molecule has 1 N–H and O–H groups in total. The largest absolute Gasteiger partial charge is 0.489 e. The second-order valence-corrected chi connectivity index (χ2v) is 7.73. The van der Waals surface area contributed by atoms with E-state index >= 15 is 0 Å². The third kappa shape index (κ3) is 5.39. The summed E-state index contributed by atoms with van der Waals surface area (Å²) in [6.07, 6.45) is -0.0817. The molecule has 150 valence electrons. The maximum atomic E-state index is 11.1. The Morgan fingerprint density at radius 2 is 1.93 bits per heavy atom. The summed E-state index contributed by atoms with van der Waals surface area (Å²) in [5.41, 5.74) is 1.80. The van der Waals surface area contributed by atoms with Gasteiger partial charge in [-0.1, -0.05) is 48.3 Å². The van der Waals surface area contributed by atoms with Gasteiger partial charge in [0, 0.05) is 35.2 Å². The lowest BCUT2D eigenvalue weighted by atomic mass is 10.1. The van der Waals surface area contributed by atoms with Crippen molar-refractivity contribution in [1.82, 2.24) is 4.90 Å². The highest BCUT2D eigenvalue weighted by molar-refractivity contribution is 6.35. The standard InChI is InChI=1S/C21H23Cl2NO4/c1-14(21(25)26)11-24-9-10-27-20(12-24)15-5-7-16(8-6-15)28-13-17-18(22)3-2-4-19(17)23/h2-8,14,20H,9-13H2,1H3,(H,25,26). The molecule has 0 spiro atoms. The van der Waals surface area contributed by atoms with Crippen LogP contribution < -0.4 is 4.74 Å². The van der Waals surface area contributed by atoms with E-state index in [1.807, 2.05) is 24.3 Å². The molecule has 5 nitrogen and oxygen atoms in total. The Labute approximate surface area is 174 Å². The summed E-state index contributed by atoms with van der Waals surface area (Å²) < 4.78 is 11.7. The molecule has 1 saturated heterocycles. The summed E-state index contributed by atoms with van der Waals surface area (Å²) in [5.74, 6) is -0.457. The molecule has 0 aromatic heterocycles. The average molecular weight is 424 g/mol. The van der Waals surface area contributed by atoms with Crippen LogP contribution in [0.15, 0.2) is 42.5 Å². The lowest BCUT2D eigenvalue weighted by molar-refractivity contribution is -0.142. The van der Waals surface area contributed by atoms with Crippen molar-refractivity contribution in [2.45, 2.75) is 19.6 Å². The zero-order valence-corrected chi connectivity index (χ0v) is 17.1. The highest BCUT2D eigenvalue weighted by Crippen LogP contribution is 2.28. The highest BCUT2D eigenvalue weighted by atomic mass is 35.5. The molecule has 1 aliphatic heterocycles. The van der Waals surface area contributed by atoms with Gasteiger partial charge in [0.2, 0.25) is 0 Å². The SMILES string of the molecule is CC(CN1CCOC(c2ccc(OCc3c(Cl)cccc3Cl)cc2)C1)C(=O)O. The zero-order valence-electron chi connectivity index (χ0n) is 15.6. The Bertz CT molecular complexity index is 792. The molecule has 1 fully saturated rings. The predicted molar refractivity (Wildman–Crippen MR) is 109 cm³/mol. The minimum Gasteiger partial charge on any atom is -0.489 e. The van der Waals surface area contributed by atoms with E-state index in [4.69, 9.17) is 37.8 Å². The second-order valence-electron chi connectivity index (χ2n) is 6.92. The van der Waals surface area contributed by atoms with Crippen LogP contribution in [-0.2, 0) is 16.1 Å². The van der Waals surface area contributed by atoms with Gasteiger partial charge in [0.15, 0.2) is 0 Å². The number of nitrogens with zero attached hydrogens (tertiary/aromatic N) is 1. The van der Waals surface area contributed by atoms with E-state index < -0.39 is 11.9 Å². The first-order valence-corrected chi connectivity index (χ1v) is 9.92. The van der Waals surface area contributed by atoms with Crippen molar-refractivity contribution >= 4 is 29.2 Å². The van der Waals surface area contributed by atoms with Gasteiger partial charge in [-0.25, -0.2) is 0 Å². The third-order valence-electron chi connectivity index (χ3n) is 4.80. The molecule has 0 aliphatic carbocycles. The number of rotatable bonds is 7. The van der Waals surface area contributed by atoms with Crippen molar-refractivity contribution in [2.24, 2.45) is 5.92 Å². The number of hydrogen-bond acceptors (Lipinski definition) is 4. The first kappa shape index (κ1) is 20.9. The number of benzene rings is 2. The summed E-state index contributed by atoms with van der Waals surface area (Å²) in [7, 11) is 0. The quantitative estimate of drug-likeness (QED) is 0.700. The zero-order chi connectivity index (χ0) is 20.1. The third-order valence-corrected chi connectivity index (χ3v) is 5.51. The van der Waals surface area contributed by atoms with E-state index in [2.05, 4.69) is 4.90 Å². The van der Waals surface area contributed by atoms with Crippen LogP contribution >= 0.6 is 23.2 Å². The number of ether oxygens (including phenoxy) is 2. The number of carbonyl (C=O) groups is 1. The fourth-order valence-electron chi connectivity index (χ4n) is 3.14. The van der Waals surface area contributed by atoms with Gasteiger partial charge in [-0.3, -0.25) is 9.69 Å². The van der Waals surface area contributed by atoms with E-state index in [0.29, 0.717) is 42.1 Å². The molecule has 0 bridgehead atoms. The normalized spacial score (nSPS) is 18.6. The summed E-state index contributed by atoms with van der Waals surface area (Å²) in [6, 6.07) is 13.1. The van der Waals surface area contributed by atoms with Crippen molar-refractivity contribution in [3.63, 3.8) is 0 Å². The second kappa shape index (κ2) is 9.61. The van der Waals surface area contributed by atoms with E-state index in [-0.39, 0.29) is 6.10 Å². The molecule has 0 radical (unpaired) electrons. The molecule has 2 unspecified atom stereocenters. The van der Waals surface area contributed by atoms with E-state index in [1.165, 1.54) is 0 Å². The van der Waals surface area contributed by atoms with Crippen molar-refractivity contribution in [2.75, 3.05) is 26.2 Å². The minimum absolute atomic E-state index is 0.0817. The fourth-order valence-corrected chi connectivity index (χ4v) is 3.65. The maximum absolute atomic E-state index is 11.1. The van der Waals surface area contributed by atoms with Crippen LogP contribution in [0.1, 0.15) is 24.2 Å². The van der Waals surface area contributed by atoms with Gasteiger partial charge in [0.25, 0.3) is 0 Å². The van der Waals surface area contributed by atoms with Crippen molar-refractivity contribution < 1.29 is 19.4 Å². The van der Waals surface area contributed by atoms with E-state index in [0.717, 1.165) is 17.7 Å². The Hall–Kier alpha value is -1.79. The van der Waals surface area contributed by atoms with Crippen molar-refractivity contribution in [1.29, 1.82) is 0 Å². The first-order valence-electron chi connectivity index (χ1n) is 9.16. The fraction of sp³-hybridized carbons (Fsp3) is 0.381. The molecular formula is C21H23Cl2NO4. The predicted octanol–water partition coefficient (Wildman–Crippen LogP) is 4.67. The molecular weight excluding hydrogens is 401 g/mol. The average Bonchev–Trinajstić information content (AvgIpc) is 2.68. The van der Waals surface area contributed by atoms with Gasteiger partial charge in [-0.05, 0) is 29.8 Å². The maximum Gasteiger partial charge on any atom is 0.307 e. The van der Waals surface area contributed by atoms with Crippen molar-refractivity contribution in [3.8, 4) is 5.75 Å². The van der Waals surface area contributed by atoms with Gasteiger partial charge in [0.1, 0.15) is 12.4 Å². The number of morpholine rings is 1. The van der Waals surface area contributed by atoms with E-state index in [9.17, 15) is 4.79 Å². The van der Waals surface area contributed by atoms with Gasteiger partial charge in [-0.15, -0.1) is 0 Å². The molecule has 2 atom stereocenters. The molecule has 0 amide bonds. The van der Waals surface area contributed by atoms with Crippen LogP contribution in [0.25, 0.3) is 0 Å². The van der Waals surface area contributed by atoms with Crippen molar-refractivity contribution in [3.05, 3.63) is 63.6 Å². The lowest BCUT2D eigenvalue weighted by Gasteiger charge is -2.34. The molecule has 28 heavy (non-hydrogen) atoms. The lowest BCUT2D eigenvalue weighted by Crippen LogP contribution is -2.41. The van der Waals surface area contributed by atoms with Crippen LogP contribution in [0.3, 0.4) is 0 Å². The van der Waals surface area contributed by atoms with Crippen LogP contribution in [0.5, 0.6) is 5.75 Å². The Morgan fingerprint density at radius 1 is 1.25 bits per heavy atom. The molecule has 1 heterocycles. The molecule has 2 aromatic carbocycles. The van der Waals surface area contributed by atoms with Gasteiger partial charge in [-0.2, -0.15) is 0 Å². The van der Waals surface area contributed by atoms with Crippen LogP contribution in [0.2, 0.25) is 10.0 Å². The van der Waals surface area contributed by atoms with Crippen LogP contribution in [0, 0.1) is 5.92 Å². The van der Waals surface area contributed by atoms with E-state index in [1.54, 1.807) is 25.1 Å². The Morgan fingerprint density at radius 3 is 2.57 bits per heavy atom. The number of aliphatic carboxylic acids is 1. The smallest absolute Gasteiger partial charge is 0.307 e. The Balaban J connectivity index is 1.58. The van der Waals surface area contributed by atoms with Gasteiger partial charge >= 0.3 is 5.97 Å². The molecule has 7 heteroatoms. The number of carboxylic acid groups (broad SMARTS) is 1. The van der Waals surface area contributed by atoms with Gasteiger partial charge < -0.3 is 14.6 Å². The number of halogens is 2. The van der Waals surface area contributed by atoms with Gasteiger partial charge in [0.05, 0.1) is 18.6 Å². The summed E-state index contributed by atoms with van der Waals surface area (Å²) in [4.78, 5) is 13.2. The first-order chi connectivity index (χ1) is 13.4. The molecule has 0 saturated carbocycles. The summed E-state index contributed by atoms with van der Waals surface area (Å²) >= 11 is 12.3. The monoisotopic (exact) mass is 423 g/mol. The molecule has 2 aromatic rings. The number of hydrogen-bond donors (Lipinski definition) is 1. The minimum atomic E-state index is -0.775. The molecule has 1 aliphatic rings.